The Morgan fingerprint density at radius 3 is 2.50 bits per heavy atom. The zero-order valence-corrected chi connectivity index (χ0v) is 12.6. The molecule has 22 heavy (non-hydrogen) atoms. The molecule has 0 heterocycles. The lowest BCUT2D eigenvalue weighted by atomic mass is 9.93. The number of rotatable bonds is 6. The van der Waals surface area contributed by atoms with Gasteiger partial charge < -0.3 is 10.2 Å². The van der Waals surface area contributed by atoms with Crippen molar-refractivity contribution in [1.29, 1.82) is 0 Å². The number of aliphatic hydroxyl groups is 2. The lowest BCUT2D eigenvalue weighted by Crippen LogP contribution is -2.23. The van der Waals surface area contributed by atoms with Gasteiger partial charge in [-0.25, -0.2) is 0 Å². The van der Waals surface area contributed by atoms with Crippen molar-refractivity contribution in [3.8, 4) is 0 Å². The van der Waals surface area contributed by atoms with Crippen LogP contribution in [0.25, 0.3) is 0 Å². The molecule has 0 aromatic heterocycles. The molecule has 4 nitrogen and oxygen atoms in total. The van der Waals surface area contributed by atoms with Crippen LogP contribution in [0.4, 0.5) is 0 Å². The first-order valence-electron chi connectivity index (χ1n) is 7.28. The average molecular weight is 300 g/mol. The first-order valence-corrected chi connectivity index (χ1v) is 7.28. The van der Waals surface area contributed by atoms with Crippen LogP contribution in [0.1, 0.15) is 25.3 Å². The molecular weight excluding hydrogens is 280 g/mol. The molecule has 0 fully saturated rings. The lowest BCUT2D eigenvalue weighted by Gasteiger charge is -2.13. The van der Waals surface area contributed by atoms with Crippen LogP contribution in [0.5, 0.6) is 0 Å². The fraction of sp³-hybridized carbons (Fsp3) is 0.333. The molecule has 0 radical (unpaired) electrons. The van der Waals surface area contributed by atoms with Crippen LogP contribution < -0.4 is 0 Å². The molecule has 1 aliphatic rings. The van der Waals surface area contributed by atoms with Gasteiger partial charge in [-0.15, -0.1) is 6.58 Å². The van der Waals surface area contributed by atoms with E-state index in [9.17, 15) is 19.8 Å². The average Bonchev–Trinajstić information content (AvgIpc) is 2.68. The van der Waals surface area contributed by atoms with E-state index in [1.165, 1.54) is 0 Å². The van der Waals surface area contributed by atoms with Gasteiger partial charge in [0, 0.05) is 6.42 Å². The number of carbonyl (C=O) groups excluding carboxylic acids is 2. The highest BCUT2D eigenvalue weighted by Crippen LogP contribution is 2.32. The number of carbonyl (C=O) groups is 2. The Labute approximate surface area is 129 Å². The van der Waals surface area contributed by atoms with Gasteiger partial charge >= 0.3 is 0 Å². The quantitative estimate of drug-likeness (QED) is 0.625. The number of aliphatic hydroxyl groups excluding tert-OH is 2. The predicted molar refractivity (Wildman–Crippen MR) is 83.4 cm³/mol. The Morgan fingerprint density at radius 2 is 1.91 bits per heavy atom. The lowest BCUT2D eigenvalue weighted by molar-refractivity contribution is -0.123. The summed E-state index contributed by atoms with van der Waals surface area (Å²) in [5.41, 5.74) is 1.41. The predicted octanol–water partition coefficient (Wildman–Crippen LogP) is 2.53. The molecule has 116 valence electrons. The van der Waals surface area contributed by atoms with Crippen LogP contribution in [0.3, 0.4) is 0 Å². The van der Waals surface area contributed by atoms with E-state index in [0.717, 1.165) is 11.1 Å². The summed E-state index contributed by atoms with van der Waals surface area (Å²) in [6, 6.07) is 9.01. The van der Waals surface area contributed by atoms with Gasteiger partial charge in [0.1, 0.15) is 17.4 Å². The first kappa shape index (κ1) is 16.2. The fourth-order valence-corrected chi connectivity index (χ4v) is 2.63. The van der Waals surface area contributed by atoms with Crippen molar-refractivity contribution in [1.82, 2.24) is 0 Å². The number of benzene rings is 1. The molecule has 1 aliphatic carbocycles. The number of Topliss-reactive ketones (excluding diaryl/α,β-unsaturated/α-hetero) is 2. The highest BCUT2D eigenvalue weighted by Gasteiger charge is 2.43. The van der Waals surface area contributed by atoms with Crippen molar-refractivity contribution in [2.24, 2.45) is 5.92 Å². The van der Waals surface area contributed by atoms with E-state index in [2.05, 4.69) is 6.58 Å². The Morgan fingerprint density at radius 1 is 1.27 bits per heavy atom. The van der Waals surface area contributed by atoms with E-state index >= 15 is 0 Å². The van der Waals surface area contributed by atoms with E-state index in [0.29, 0.717) is 12.8 Å². The maximum absolute atomic E-state index is 12.3. The molecule has 2 atom stereocenters. The van der Waals surface area contributed by atoms with E-state index in [-0.39, 0.29) is 12.0 Å². The van der Waals surface area contributed by atoms with Gasteiger partial charge in [-0.1, -0.05) is 35.9 Å². The fourth-order valence-electron chi connectivity index (χ4n) is 2.63. The van der Waals surface area contributed by atoms with Crippen LogP contribution in [-0.2, 0) is 16.0 Å². The van der Waals surface area contributed by atoms with Gasteiger partial charge in [0.15, 0.2) is 11.6 Å². The topological polar surface area (TPSA) is 74.6 Å². The summed E-state index contributed by atoms with van der Waals surface area (Å²) in [6.45, 7) is 5.59. The summed E-state index contributed by atoms with van der Waals surface area (Å²) in [7, 11) is 0. The van der Waals surface area contributed by atoms with Crippen LogP contribution in [-0.4, -0.2) is 27.9 Å². The number of allylic oxidation sites excluding steroid dienone is 2. The molecule has 2 rings (SSSR count). The molecular formula is C18H20O4. The smallest absolute Gasteiger partial charge is 0.176 e. The van der Waals surface area contributed by atoms with Gasteiger partial charge in [0.2, 0.25) is 0 Å². The highest BCUT2D eigenvalue weighted by molar-refractivity contribution is 6.23. The summed E-state index contributed by atoms with van der Waals surface area (Å²) in [5.74, 6) is -2.16. The van der Waals surface area contributed by atoms with Gasteiger partial charge in [-0.05, 0) is 25.3 Å². The minimum Gasteiger partial charge on any atom is -0.509 e. The monoisotopic (exact) mass is 300 g/mol. The molecule has 2 N–H and O–H groups in total. The summed E-state index contributed by atoms with van der Waals surface area (Å²) in [5, 5.41) is 20.0. The summed E-state index contributed by atoms with van der Waals surface area (Å²) in [6.07, 6.45) is -0.310. The van der Waals surface area contributed by atoms with Crippen molar-refractivity contribution >= 4 is 11.6 Å². The molecule has 0 spiro atoms. The van der Waals surface area contributed by atoms with Crippen molar-refractivity contribution in [2.75, 3.05) is 0 Å². The second-order valence-corrected chi connectivity index (χ2v) is 5.76. The summed E-state index contributed by atoms with van der Waals surface area (Å²) in [4.78, 5) is 24.6. The van der Waals surface area contributed by atoms with Crippen molar-refractivity contribution in [3.63, 3.8) is 0 Å². The number of hydrogen-bond donors (Lipinski definition) is 2. The third-order valence-corrected chi connectivity index (χ3v) is 3.87. The molecule has 0 aliphatic heterocycles. The standard InChI is InChI=1S/C18H20O4/c1-11(2)8-9-13-16(20)15(18(22)17(13)21)14(19)10-12-6-4-3-5-7-12/h3-7,13,17,21-22H,1,8-10H2,2H3. The maximum Gasteiger partial charge on any atom is 0.176 e. The normalized spacial score (nSPS) is 21.3. The zero-order valence-electron chi connectivity index (χ0n) is 12.6. The molecule has 1 aromatic carbocycles. The molecule has 0 amide bonds. The van der Waals surface area contributed by atoms with Gasteiger partial charge in [-0.3, -0.25) is 9.59 Å². The molecule has 0 saturated carbocycles. The first-order chi connectivity index (χ1) is 10.4. The Kier molecular flexibility index (Phi) is 4.93. The summed E-state index contributed by atoms with van der Waals surface area (Å²) >= 11 is 0. The van der Waals surface area contributed by atoms with E-state index in [1.54, 1.807) is 24.3 Å². The van der Waals surface area contributed by atoms with Crippen molar-refractivity contribution < 1.29 is 19.8 Å². The van der Waals surface area contributed by atoms with Gasteiger partial charge in [-0.2, -0.15) is 0 Å². The molecule has 2 unspecified atom stereocenters. The van der Waals surface area contributed by atoms with E-state index < -0.39 is 29.3 Å². The number of hydrogen-bond acceptors (Lipinski definition) is 4. The highest BCUT2D eigenvalue weighted by atomic mass is 16.3. The van der Waals surface area contributed by atoms with Gasteiger partial charge in [0.25, 0.3) is 0 Å². The Bertz CT molecular complexity index is 628. The third-order valence-electron chi connectivity index (χ3n) is 3.87. The van der Waals surface area contributed by atoms with Crippen LogP contribution in [0.15, 0.2) is 53.8 Å². The second kappa shape index (κ2) is 6.71. The number of ketones is 2. The Balaban J connectivity index is 2.14. The zero-order chi connectivity index (χ0) is 16.3. The van der Waals surface area contributed by atoms with Gasteiger partial charge in [0.05, 0.1) is 5.92 Å². The molecule has 0 bridgehead atoms. The third kappa shape index (κ3) is 3.34. The van der Waals surface area contributed by atoms with Crippen LogP contribution in [0.2, 0.25) is 0 Å². The minimum atomic E-state index is -1.29. The second-order valence-electron chi connectivity index (χ2n) is 5.76. The molecule has 4 heteroatoms. The largest absolute Gasteiger partial charge is 0.509 e. The van der Waals surface area contributed by atoms with E-state index in [1.807, 2.05) is 13.0 Å². The maximum atomic E-state index is 12.3. The summed E-state index contributed by atoms with van der Waals surface area (Å²) < 4.78 is 0. The van der Waals surface area contributed by atoms with Crippen LogP contribution in [0, 0.1) is 5.92 Å². The van der Waals surface area contributed by atoms with E-state index in [4.69, 9.17) is 0 Å². The van der Waals surface area contributed by atoms with Crippen molar-refractivity contribution in [2.45, 2.75) is 32.3 Å². The Hall–Kier alpha value is -2.20. The minimum absolute atomic E-state index is 0.0336. The molecule has 0 saturated heterocycles. The van der Waals surface area contributed by atoms with Crippen molar-refractivity contribution in [3.05, 3.63) is 59.4 Å². The van der Waals surface area contributed by atoms with Crippen LogP contribution >= 0.6 is 0 Å². The molecule has 1 aromatic rings. The SMILES string of the molecule is C=C(C)CCC1C(=O)C(C(=O)Cc2ccccc2)=C(O)C1O.